The van der Waals surface area contributed by atoms with Crippen molar-refractivity contribution in [3.05, 3.63) is 0 Å². The van der Waals surface area contributed by atoms with Crippen molar-refractivity contribution in [2.24, 2.45) is 5.73 Å². The minimum Gasteiger partial charge on any atom is -0.444 e. The quantitative estimate of drug-likeness (QED) is 0.147. The average molecular weight is 850 g/mol. The lowest BCUT2D eigenvalue weighted by Crippen LogP contribution is -2.69. The molecule has 20 nitrogen and oxygen atoms in total. The van der Waals surface area contributed by atoms with Gasteiger partial charge in [-0.05, 0) is 109 Å². The van der Waals surface area contributed by atoms with E-state index in [0.717, 1.165) is 0 Å². The monoisotopic (exact) mass is 849 g/mol. The van der Waals surface area contributed by atoms with Gasteiger partial charge in [0.05, 0.1) is 30.3 Å². The van der Waals surface area contributed by atoms with Crippen molar-refractivity contribution in [3.8, 4) is 0 Å². The second kappa shape index (κ2) is 20.1. The number of amides is 4. The number of aliphatic hydroxyl groups excluding tert-OH is 3. The topological polar surface area (TPSA) is 277 Å². The highest BCUT2D eigenvalue weighted by Gasteiger charge is 2.52. The SMILES string of the molecule is CCC1O[C@@H](O[C@H]2C(O)C(O[C@@H]3OC(CNC(=O)OC(C)(C)C)CCC3NC(=O)OC(C)(C)C)[C@@H](NC(=O)OC(C)(C)C)C[C@H]2N)C(O)[C@@H](NC(=O)OC(C)(C)C)[C@H]1O. The molecule has 0 radical (unpaired) electrons. The predicted molar refractivity (Wildman–Crippen MR) is 211 cm³/mol. The Bertz CT molecular complexity index is 1410. The number of hydrogen-bond donors (Lipinski definition) is 8. The summed E-state index contributed by atoms with van der Waals surface area (Å²) in [5.41, 5.74) is 3.28. The number of nitrogens with two attached hydrogens (primary N) is 1. The van der Waals surface area contributed by atoms with E-state index in [2.05, 4.69) is 21.3 Å². The third-order valence-corrected chi connectivity index (χ3v) is 9.12. The molecular weight excluding hydrogens is 778 g/mol. The van der Waals surface area contributed by atoms with Crippen molar-refractivity contribution in [2.75, 3.05) is 6.54 Å². The molecule has 3 rings (SSSR count). The summed E-state index contributed by atoms with van der Waals surface area (Å²) < 4.78 is 46.7. The van der Waals surface area contributed by atoms with E-state index in [4.69, 9.17) is 43.6 Å². The fourth-order valence-corrected chi connectivity index (χ4v) is 6.75. The van der Waals surface area contributed by atoms with Crippen LogP contribution in [0.3, 0.4) is 0 Å². The lowest BCUT2D eigenvalue weighted by Gasteiger charge is -2.49. The van der Waals surface area contributed by atoms with Gasteiger partial charge in [-0.3, -0.25) is 0 Å². The van der Waals surface area contributed by atoms with Crippen molar-refractivity contribution < 1.29 is 72.4 Å². The minimum atomic E-state index is -1.67. The normalized spacial score (nSPS) is 33.2. The van der Waals surface area contributed by atoms with Crippen LogP contribution < -0.4 is 27.0 Å². The van der Waals surface area contributed by atoms with Crippen LogP contribution in [0.25, 0.3) is 0 Å². The van der Waals surface area contributed by atoms with Crippen LogP contribution in [0.15, 0.2) is 0 Å². The first-order valence-electron chi connectivity index (χ1n) is 20.3. The number of nitrogens with one attached hydrogen (secondary N) is 4. The first-order chi connectivity index (χ1) is 26.9. The van der Waals surface area contributed by atoms with Crippen LogP contribution in [-0.4, -0.2) is 148 Å². The van der Waals surface area contributed by atoms with Crippen LogP contribution in [0.4, 0.5) is 19.2 Å². The highest BCUT2D eigenvalue weighted by molar-refractivity contribution is 5.69. The van der Waals surface area contributed by atoms with Crippen LogP contribution in [0.2, 0.25) is 0 Å². The van der Waals surface area contributed by atoms with E-state index in [1.165, 1.54) is 0 Å². The van der Waals surface area contributed by atoms with Gasteiger partial charge in [-0.2, -0.15) is 0 Å². The van der Waals surface area contributed by atoms with E-state index in [1.54, 1.807) is 90.0 Å². The zero-order valence-corrected chi connectivity index (χ0v) is 36.9. The molecule has 4 amide bonds. The summed E-state index contributed by atoms with van der Waals surface area (Å²) in [7, 11) is 0. The van der Waals surface area contributed by atoms with E-state index in [9.17, 15) is 34.5 Å². The zero-order valence-electron chi connectivity index (χ0n) is 36.9. The first-order valence-corrected chi connectivity index (χ1v) is 20.3. The number of hydrogen-bond acceptors (Lipinski definition) is 16. The fraction of sp³-hybridized carbons (Fsp3) is 0.897. The molecule has 3 aliphatic rings. The molecule has 0 bridgehead atoms. The summed E-state index contributed by atoms with van der Waals surface area (Å²) in [4.78, 5) is 51.4. The van der Waals surface area contributed by atoms with Gasteiger partial charge in [0, 0.05) is 12.6 Å². The van der Waals surface area contributed by atoms with Gasteiger partial charge in [-0.1, -0.05) is 6.92 Å². The summed E-state index contributed by atoms with van der Waals surface area (Å²) in [6.07, 6.45) is -14.1. The maximum Gasteiger partial charge on any atom is 0.408 e. The molecule has 2 heterocycles. The van der Waals surface area contributed by atoms with Gasteiger partial charge in [0.25, 0.3) is 0 Å². The summed E-state index contributed by atoms with van der Waals surface area (Å²) in [5.74, 6) is 0. The maximum absolute atomic E-state index is 13.2. The zero-order chi connectivity index (χ0) is 44.8. The molecular formula is C39H71N5O15. The maximum atomic E-state index is 13.2. The van der Waals surface area contributed by atoms with Crippen molar-refractivity contribution in [1.82, 2.24) is 21.3 Å². The lowest BCUT2D eigenvalue weighted by molar-refractivity contribution is -0.313. The van der Waals surface area contributed by atoms with Crippen LogP contribution in [0, 0.1) is 0 Å². The van der Waals surface area contributed by atoms with Gasteiger partial charge in [0.15, 0.2) is 12.6 Å². The van der Waals surface area contributed by atoms with Gasteiger partial charge in [0.1, 0.15) is 52.9 Å². The molecule has 2 saturated heterocycles. The Kier molecular flexibility index (Phi) is 17.1. The third-order valence-electron chi connectivity index (χ3n) is 9.12. The summed E-state index contributed by atoms with van der Waals surface area (Å²) in [5, 5.41) is 45.3. The van der Waals surface area contributed by atoms with E-state index >= 15 is 0 Å². The molecule has 342 valence electrons. The van der Waals surface area contributed by atoms with Gasteiger partial charge in [-0.15, -0.1) is 0 Å². The van der Waals surface area contributed by atoms with E-state index in [1.807, 2.05) is 0 Å². The Morgan fingerprint density at radius 1 is 0.610 bits per heavy atom. The molecule has 6 unspecified atom stereocenters. The Morgan fingerprint density at radius 2 is 1.08 bits per heavy atom. The van der Waals surface area contributed by atoms with Crippen LogP contribution in [0.5, 0.6) is 0 Å². The molecule has 1 aliphatic carbocycles. The lowest BCUT2D eigenvalue weighted by atomic mass is 9.83. The molecule has 3 fully saturated rings. The predicted octanol–water partition coefficient (Wildman–Crippen LogP) is 2.42. The fourth-order valence-electron chi connectivity index (χ4n) is 6.75. The number of carbonyl (C=O) groups is 4. The summed E-state index contributed by atoms with van der Waals surface area (Å²) in [6, 6.07) is -4.19. The molecule has 9 N–H and O–H groups in total. The van der Waals surface area contributed by atoms with Crippen molar-refractivity contribution in [2.45, 2.75) is 218 Å². The number of aliphatic hydroxyl groups is 3. The number of carbonyl (C=O) groups excluding carboxylic acids is 4. The molecule has 0 aromatic carbocycles. The molecule has 59 heavy (non-hydrogen) atoms. The highest BCUT2D eigenvalue weighted by Crippen LogP contribution is 2.33. The van der Waals surface area contributed by atoms with Gasteiger partial charge in [0.2, 0.25) is 0 Å². The molecule has 0 aromatic rings. The van der Waals surface area contributed by atoms with E-state index < -0.39 is 126 Å². The Hall–Kier alpha value is -3.24. The number of ether oxygens (including phenoxy) is 8. The van der Waals surface area contributed by atoms with E-state index in [-0.39, 0.29) is 25.8 Å². The number of alkyl carbamates (subject to hydrolysis) is 4. The van der Waals surface area contributed by atoms with Gasteiger partial charge < -0.3 is 80.2 Å². The van der Waals surface area contributed by atoms with Gasteiger partial charge >= 0.3 is 24.4 Å². The molecule has 2 aliphatic heterocycles. The highest BCUT2D eigenvalue weighted by atomic mass is 16.7. The van der Waals surface area contributed by atoms with Crippen LogP contribution in [0.1, 0.15) is 116 Å². The largest absolute Gasteiger partial charge is 0.444 e. The molecule has 20 heteroatoms. The Morgan fingerprint density at radius 3 is 1.59 bits per heavy atom. The molecule has 1 saturated carbocycles. The number of rotatable bonds is 10. The molecule has 13 atom stereocenters. The Labute approximate surface area is 347 Å². The van der Waals surface area contributed by atoms with Crippen LogP contribution in [-0.2, 0) is 37.9 Å². The minimum absolute atomic E-state index is 0.0111. The smallest absolute Gasteiger partial charge is 0.408 e. The van der Waals surface area contributed by atoms with Crippen molar-refractivity contribution in [1.29, 1.82) is 0 Å². The Balaban J connectivity index is 1.95. The second-order valence-corrected chi connectivity index (χ2v) is 19.3. The molecule has 0 spiro atoms. The van der Waals surface area contributed by atoms with Crippen molar-refractivity contribution >= 4 is 24.4 Å². The molecule has 0 aromatic heterocycles. The van der Waals surface area contributed by atoms with E-state index in [0.29, 0.717) is 6.42 Å². The average Bonchev–Trinajstić information content (AvgIpc) is 3.04. The third kappa shape index (κ3) is 16.3. The standard InChI is InChI=1S/C39H71N5O15/c1-14-23-25(45)24(44-35(51)59-39(11,12)13)26(46)31(53-23)54-28-20(40)17-22(43-34(50)58-38(8,9)10)29(27(28)47)55-30-21(42-33(49)57-37(5,6)7)16-15-19(52-30)18-41-32(48)56-36(2,3)4/h19-31,45-47H,14-18,40H2,1-13H3,(H,41,48)(H,42,49)(H,43,50)(H,44,51)/t19?,20-,21?,22+,23?,24+,25+,26?,27?,28-,29?,30+,31+/m1/s1. The summed E-state index contributed by atoms with van der Waals surface area (Å²) >= 11 is 0. The first kappa shape index (κ1) is 50.1. The second-order valence-electron chi connectivity index (χ2n) is 19.3. The summed E-state index contributed by atoms with van der Waals surface area (Å²) in [6.45, 7) is 22.1. The van der Waals surface area contributed by atoms with Gasteiger partial charge in [-0.25, -0.2) is 19.2 Å². The van der Waals surface area contributed by atoms with Crippen LogP contribution >= 0.6 is 0 Å². The van der Waals surface area contributed by atoms with Crippen molar-refractivity contribution in [3.63, 3.8) is 0 Å².